The van der Waals surface area contributed by atoms with Crippen molar-refractivity contribution < 1.29 is 14.6 Å². The smallest absolute Gasteiger partial charge is 0.121 e. The maximum Gasteiger partial charge on any atom is 0.121 e. The highest BCUT2D eigenvalue weighted by Crippen LogP contribution is 2.53. The number of para-hydroxylation sites is 1. The third-order valence-corrected chi connectivity index (χ3v) is 14.0. The molecule has 2 aliphatic carbocycles. The number of unbranched alkanes of at least 4 members (excludes halogenated alkanes) is 2. The number of hydrogen-bond donors (Lipinski definition) is 1. The van der Waals surface area contributed by atoms with Gasteiger partial charge in [-0.05, 0) is 119 Å². The Morgan fingerprint density at radius 3 is 1.83 bits per heavy atom. The summed E-state index contributed by atoms with van der Waals surface area (Å²) in [5.41, 5.74) is 9.91. The Bertz CT molecular complexity index is 2470. The zero-order valence-corrected chi connectivity index (χ0v) is 38.1. The lowest BCUT2D eigenvalue weighted by Gasteiger charge is -2.47. The fraction of sp³-hybridized carbons (Fsp3) is 0.356. The number of nitrogens with zero attached hydrogens (tertiary/aromatic N) is 1. The molecule has 8 rings (SSSR count). The van der Waals surface area contributed by atoms with Gasteiger partial charge in [-0.25, -0.2) is 0 Å². The molecule has 63 heavy (non-hydrogen) atoms. The van der Waals surface area contributed by atoms with E-state index < -0.39 is 0 Å². The van der Waals surface area contributed by atoms with Crippen molar-refractivity contribution >= 4 is 17.0 Å². The van der Waals surface area contributed by atoms with Crippen LogP contribution in [0.15, 0.2) is 152 Å². The van der Waals surface area contributed by atoms with Crippen LogP contribution in [0.4, 0.5) is 5.69 Å². The van der Waals surface area contributed by atoms with Gasteiger partial charge < -0.3 is 19.5 Å². The summed E-state index contributed by atoms with van der Waals surface area (Å²) in [6.07, 6.45) is 21.3. The lowest BCUT2D eigenvalue weighted by Crippen LogP contribution is -2.47. The average Bonchev–Trinajstić information content (AvgIpc) is 3.32. The van der Waals surface area contributed by atoms with E-state index in [0.29, 0.717) is 11.8 Å². The minimum Gasteiger partial charge on any atom is -0.508 e. The van der Waals surface area contributed by atoms with Gasteiger partial charge in [0.15, 0.2) is 0 Å². The van der Waals surface area contributed by atoms with Crippen molar-refractivity contribution in [2.45, 2.75) is 104 Å². The molecule has 0 amide bonds. The molecule has 3 aliphatic rings. The lowest BCUT2D eigenvalue weighted by atomic mass is 9.65. The zero-order chi connectivity index (χ0) is 43.8. The Hall–Kier alpha value is -5.74. The van der Waals surface area contributed by atoms with Crippen LogP contribution < -0.4 is 24.8 Å². The second-order valence-corrected chi connectivity index (χ2v) is 18.2. The highest BCUT2D eigenvalue weighted by Gasteiger charge is 2.42. The van der Waals surface area contributed by atoms with Crippen LogP contribution in [0.5, 0.6) is 17.2 Å². The van der Waals surface area contributed by atoms with Crippen molar-refractivity contribution in [1.82, 2.24) is 0 Å². The summed E-state index contributed by atoms with van der Waals surface area (Å²) in [5, 5.41) is 14.2. The van der Waals surface area contributed by atoms with Gasteiger partial charge in [-0.1, -0.05) is 169 Å². The van der Waals surface area contributed by atoms with E-state index in [1.54, 1.807) is 0 Å². The van der Waals surface area contributed by atoms with E-state index >= 15 is 0 Å². The van der Waals surface area contributed by atoms with Crippen molar-refractivity contribution in [3.63, 3.8) is 0 Å². The molecule has 1 fully saturated rings. The number of hydrogen-bond acceptors (Lipinski definition) is 4. The first-order valence-corrected chi connectivity index (χ1v) is 23.9. The average molecular weight is 838 g/mol. The summed E-state index contributed by atoms with van der Waals surface area (Å²) in [5.74, 6) is 3.22. The van der Waals surface area contributed by atoms with E-state index in [1.165, 1.54) is 60.2 Å². The van der Waals surface area contributed by atoms with Gasteiger partial charge in [0.05, 0.1) is 19.3 Å². The summed E-state index contributed by atoms with van der Waals surface area (Å²) < 4.78 is 12.8. The van der Waals surface area contributed by atoms with Crippen LogP contribution in [0.3, 0.4) is 0 Å². The molecule has 1 heterocycles. The summed E-state index contributed by atoms with van der Waals surface area (Å²) >= 11 is 0. The first-order valence-electron chi connectivity index (χ1n) is 23.9. The fourth-order valence-electron chi connectivity index (χ4n) is 10.1. The van der Waals surface area contributed by atoms with Crippen LogP contribution in [0, 0.1) is 17.3 Å². The van der Waals surface area contributed by atoms with Crippen molar-refractivity contribution in [2.24, 2.45) is 17.3 Å². The molecule has 5 aromatic carbocycles. The SMILES string of the molecule is C=C1CCC23C=CC=CC2=c2ccccc2=C(C3)N(c2cc(-c3ccc(OCC(CC)CCCC)cc3)cc(-c3ccc(OCC(CC)CCCC)cc3)c2)C1c1ccccc1O. The first kappa shape index (κ1) is 43.9. The molecule has 4 nitrogen and oxygen atoms in total. The van der Waals surface area contributed by atoms with Crippen molar-refractivity contribution in [3.8, 4) is 39.5 Å². The molecule has 4 atom stereocenters. The third kappa shape index (κ3) is 9.61. The summed E-state index contributed by atoms with van der Waals surface area (Å²) in [6.45, 7) is 15.4. The van der Waals surface area contributed by atoms with Crippen LogP contribution >= 0.6 is 0 Å². The number of phenolic OH excluding ortho intramolecular Hbond substituents is 1. The van der Waals surface area contributed by atoms with Crippen LogP contribution in [0.1, 0.15) is 110 Å². The first-order chi connectivity index (χ1) is 30.8. The Morgan fingerprint density at radius 2 is 1.25 bits per heavy atom. The maximum absolute atomic E-state index is 11.7. The standard InChI is InChI=1S/C59H67NO3/c1-6-10-18-43(8-3)40-62-50-29-25-45(26-30-50)47-36-48(46-27-31-51(32-28-46)63-41-44(9-4)19-11-7-2)38-49(37-47)60-56-39-59(34-17-16-23-55(59)52-20-12-13-21-53(52)56)35-33-42(5)58(60)54-22-14-15-24-57(54)61/h12-17,20-32,34,36-38,43-44,58,61H,5-11,18-19,33,35,39-41H2,1-4H3. The number of ether oxygens (including phenoxy) is 2. The molecule has 4 heteroatoms. The zero-order valence-electron chi connectivity index (χ0n) is 38.1. The van der Waals surface area contributed by atoms with Crippen LogP contribution in [-0.4, -0.2) is 18.3 Å². The molecule has 0 saturated carbocycles. The van der Waals surface area contributed by atoms with Gasteiger partial charge in [-0.15, -0.1) is 0 Å². The Kier molecular flexibility index (Phi) is 14.1. The summed E-state index contributed by atoms with van der Waals surface area (Å²) in [7, 11) is 0. The minimum atomic E-state index is -0.302. The highest BCUT2D eigenvalue weighted by atomic mass is 16.5. The van der Waals surface area contributed by atoms with Crippen molar-refractivity contribution in [2.75, 3.05) is 18.1 Å². The van der Waals surface area contributed by atoms with Gasteiger partial charge in [0.1, 0.15) is 17.2 Å². The second kappa shape index (κ2) is 20.2. The van der Waals surface area contributed by atoms with Crippen molar-refractivity contribution in [3.05, 3.63) is 168 Å². The molecule has 2 bridgehead atoms. The number of aromatic hydroxyl groups is 1. The molecule has 1 aliphatic heterocycles. The van der Waals surface area contributed by atoms with Gasteiger partial charge in [-0.2, -0.15) is 0 Å². The van der Waals surface area contributed by atoms with E-state index in [2.05, 4.69) is 154 Å². The van der Waals surface area contributed by atoms with Crippen LogP contribution in [0.25, 0.3) is 33.5 Å². The van der Waals surface area contributed by atoms with E-state index in [1.807, 2.05) is 18.2 Å². The Balaban J connectivity index is 1.28. The molecule has 0 aromatic heterocycles. The number of phenols is 1. The summed E-state index contributed by atoms with van der Waals surface area (Å²) in [4.78, 5) is 2.52. The van der Waals surface area contributed by atoms with E-state index in [-0.39, 0.29) is 17.2 Å². The number of fused-ring (bicyclic) bond motifs is 2. The van der Waals surface area contributed by atoms with Crippen LogP contribution in [0.2, 0.25) is 0 Å². The van der Waals surface area contributed by atoms with Gasteiger partial charge in [0.25, 0.3) is 0 Å². The van der Waals surface area contributed by atoms with E-state index in [9.17, 15) is 5.11 Å². The molecular formula is C59H67NO3. The Morgan fingerprint density at radius 1 is 0.683 bits per heavy atom. The summed E-state index contributed by atoms with van der Waals surface area (Å²) in [6, 6.07) is 40.8. The molecule has 5 aromatic rings. The topological polar surface area (TPSA) is 41.9 Å². The quantitative estimate of drug-likeness (QED) is 0.0893. The minimum absolute atomic E-state index is 0.171. The second-order valence-electron chi connectivity index (χ2n) is 18.2. The van der Waals surface area contributed by atoms with Crippen molar-refractivity contribution in [1.29, 1.82) is 0 Å². The van der Waals surface area contributed by atoms with E-state index in [4.69, 9.17) is 16.1 Å². The van der Waals surface area contributed by atoms with Gasteiger partial charge in [0, 0.05) is 34.0 Å². The van der Waals surface area contributed by atoms with E-state index in [0.717, 1.165) is 95.9 Å². The van der Waals surface area contributed by atoms with Gasteiger partial charge in [-0.3, -0.25) is 0 Å². The lowest BCUT2D eigenvalue weighted by molar-refractivity contribution is 0.233. The number of anilines is 1. The molecule has 4 unspecified atom stereocenters. The molecule has 0 radical (unpaired) electrons. The normalized spacial score (nSPS) is 18.9. The fourth-order valence-corrected chi connectivity index (χ4v) is 10.1. The Labute approximate surface area is 377 Å². The molecule has 1 saturated heterocycles. The maximum atomic E-state index is 11.7. The predicted octanol–water partition coefficient (Wildman–Crippen LogP) is 14.3. The molecule has 326 valence electrons. The molecule has 1 N–H and O–H groups in total. The predicted molar refractivity (Wildman–Crippen MR) is 264 cm³/mol. The number of benzene rings is 5. The number of rotatable bonds is 18. The van der Waals surface area contributed by atoms with Gasteiger partial charge in [0.2, 0.25) is 0 Å². The van der Waals surface area contributed by atoms with Crippen LogP contribution in [-0.2, 0) is 0 Å². The molecule has 1 spiro atoms. The highest BCUT2D eigenvalue weighted by molar-refractivity contribution is 5.85. The van der Waals surface area contributed by atoms with Gasteiger partial charge >= 0.3 is 0 Å². The third-order valence-electron chi connectivity index (χ3n) is 14.0. The number of allylic oxidation sites excluding steroid dienone is 4. The molecular weight excluding hydrogens is 771 g/mol. The monoisotopic (exact) mass is 838 g/mol. The largest absolute Gasteiger partial charge is 0.508 e.